The Morgan fingerprint density at radius 2 is 1.68 bits per heavy atom. The summed E-state index contributed by atoms with van der Waals surface area (Å²) in [5.74, 6) is 0.861. The van der Waals surface area contributed by atoms with E-state index in [1.807, 2.05) is 0 Å². The van der Waals surface area contributed by atoms with E-state index < -0.39 is 0 Å². The van der Waals surface area contributed by atoms with Crippen LogP contribution in [0.2, 0.25) is 10.0 Å². The number of nitrogens with zero attached hydrogens (tertiary/aromatic N) is 1. The van der Waals surface area contributed by atoms with Gasteiger partial charge in [0, 0.05) is 24.7 Å². The van der Waals surface area contributed by atoms with E-state index >= 15 is 0 Å². The third-order valence-electron chi connectivity index (χ3n) is 4.93. The molecule has 6 nitrogen and oxygen atoms in total. The summed E-state index contributed by atoms with van der Waals surface area (Å²) >= 11 is 12.3. The highest BCUT2D eigenvalue weighted by atomic mass is 35.5. The summed E-state index contributed by atoms with van der Waals surface area (Å²) in [7, 11) is 0. The Hall–Kier alpha value is -2.44. The topological polar surface area (TPSA) is 67.9 Å². The van der Waals surface area contributed by atoms with Crippen LogP contribution in [0.5, 0.6) is 11.5 Å². The van der Waals surface area contributed by atoms with Crippen molar-refractivity contribution in [2.24, 2.45) is 0 Å². The zero-order valence-electron chi connectivity index (χ0n) is 14.9. The van der Waals surface area contributed by atoms with Gasteiger partial charge in [0.2, 0.25) is 6.79 Å². The van der Waals surface area contributed by atoms with Crippen LogP contribution in [-0.2, 0) is 0 Å². The Kier molecular flexibility index (Phi) is 5.33. The third kappa shape index (κ3) is 3.75. The van der Waals surface area contributed by atoms with Crippen LogP contribution in [0.3, 0.4) is 0 Å². The number of amides is 2. The van der Waals surface area contributed by atoms with Gasteiger partial charge in [0.15, 0.2) is 11.5 Å². The van der Waals surface area contributed by atoms with Crippen molar-refractivity contribution in [3.63, 3.8) is 0 Å². The Morgan fingerprint density at radius 3 is 2.39 bits per heavy atom. The molecule has 2 amide bonds. The lowest BCUT2D eigenvalue weighted by Gasteiger charge is -2.32. The van der Waals surface area contributed by atoms with Gasteiger partial charge in [0.05, 0.1) is 15.6 Å². The number of likely N-dealkylation sites (tertiary alicyclic amines) is 1. The van der Waals surface area contributed by atoms with Crippen molar-refractivity contribution in [1.29, 1.82) is 0 Å². The summed E-state index contributed by atoms with van der Waals surface area (Å²) in [5.41, 5.74) is 0.847. The van der Waals surface area contributed by atoms with Crippen molar-refractivity contribution < 1.29 is 19.1 Å². The first-order valence-electron chi connectivity index (χ1n) is 8.97. The Balaban J connectivity index is 1.35. The van der Waals surface area contributed by atoms with Crippen LogP contribution in [0.1, 0.15) is 33.6 Å². The number of ether oxygens (including phenoxy) is 2. The number of rotatable bonds is 3. The van der Waals surface area contributed by atoms with Crippen LogP contribution in [0.25, 0.3) is 0 Å². The molecule has 1 saturated heterocycles. The van der Waals surface area contributed by atoms with Crippen LogP contribution in [0.4, 0.5) is 0 Å². The number of nitrogens with one attached hydrogen (secondary N) is 1. The molecule has 2 aromatic rings. The summed E-state index contributed by atoms with van der Waals surface area (Å²) in [6, 6.07) is 10.1. The molecule has 2 aliphatic rings. The van der Waals surface area contributed by atoms with Crippen molar-refractivity contribution in [1.82, 2.24) is 10.2 Å². The first-order valence-corrected chi connectivity index (χ1v) is 9.72. The van der Waals surface area contributed by atoms with Crippen LogP contribution in [0.15, 0.2) is 36.4 Å². The summed E-state index contributed by atoms with van der Waals surface area (Å²) in [6.07, 6.45) is 1.31. The minimum Gasteiger partial charge on any atom is -0.454 e. The predicted octanol–water partition coefficient (Wildman–Crippen LogP) is 3.76. The lowest BCUT2D eigenvalue weighted by atomic mass is 10.0. The van der Waals surface area contributed by atoms with E-state index in [1.165, 1.54) is 0 Å². The maximum absolute atomic E-state index is 12.7. The normalized spacial score (nSPS) is 16.1. The predicted molar refractivity (Wildman–Crippen MR) is 105 cm³/mol. The molecule has 0 bridgehead atoms. The van der Waals surface area contributed by atoms with Crippen molar-refractivity contribution in [2.75, 3.05) is 19.9 Å². The average molecular weight is 421 g/mol. The Morgan fingerprint density at radius 1 is 1.00 bits per heavy atom. The van der Waals surface area contributed by atoms with Crippen LogP contribution >= 0.6 is 23.2 Å². The van der Waals surface area contributed by atoms with Crippen molar-refractivity contribution in [2.45, 2.75) is 18.9 Å². The van der Waals surface area contributed by atoms with Gasteiger partial charge in [0.25, 0.3) is 11.8 Å². The minimum atomic E-state index is -0.184. The van der Waals surface area contributed by atoms with Crippen molar-refractivity contribution >= 4 is 35.0 Å². The molecule has 1 fully saturated rings. The van der Waals surface area contributed by atoms with Gasteiger partial charge in [-0.1, -0.05) is 29.3 Å². The number of piperidine rings is 1. The molecule has 0 saturated carbocycles. The fraction of sp³-hybridized carbons (Fsp3) is 0.300. The molecule has 2 aliphatic heterocycles. The summed E-state index contributed by atoms with van der Waals surface area (Å²) in [5, 5.41) is 3.71. The van der Waals surface area contributed by atoms with E-state index in [9.17, 15) is 9.59 Å². The molecular weight excluding hydrogens is 403 g/mol. The molecule has 2 heterocycles. The standard InChI is InChI=1S/C20H18Cl2N2O4/c21-14-2-1-3-15(22)18(14)20(26)24-8-6-13(7-9-24)23-19(25)12-4-5-16-17(10-12)28-11-27-16/h1-5,10,13H,6-9,11H2,(H,23,25). The number of benzene rings is 2. The van der Waals surface area contributed by atoms with Crippen molar-refractivity contribution in [3.05, 3.63) is 57.6 Å². The Bertz CT molecular complexity index is 906. The molecule has 146 valence electrons. The van der Waals surface area contributed by atoms with Gasteiger partial charge in [-0.2, -0.15) is 0 Å². The molecule has 1 N–H and O–H groups in total. The van der Waals surface area contributed by atoms with E-state index in [0.717, 1.165) is 0 Å². The maximum Gasteiger partial charge on any atom is 0.256 e. The molecule has 0 radical (unpaired) electrons. The van der Waals surface area contributed by atoms with E-state index in [2.05, 4.69) is 5.32 Å². The fourth-order valence-electron chi connectivity index (χ4n) is 3.39. The highest BCUT2D eigenvalue weighted by molar-refractivity contribution is 6.39. The molecular formula is C20H18Cl2N2O4. The molecule has 2 aromatic carbocycles. The van der Waals surface area contributed by atoms with Gasteiger partial charge >= 0.3 is 0 Å². The lowest BCUT2D eigenvalue weighted by Crippen LogP contribution is -2.46. The summed E-state index contributed by atoms with van der Waals surface area (Å²) in [6.45, 7) is 1.21. The molecule has 0 aliphatic carbocycles. The average Bonchev–Trinajstić information content (AvgIpc) is 3.16. The number of carbonyl (C=O) groups is 2. The van der Waals surface area contributed by atoms with E-state index in [1.54, 1.807) is 41.3 Å². The zero-order chi connectivity index (χ0) is 19.7. The van der Waals surface area contributed by atoms with Gasteiger partial charge in [0.1, 0.15) is 0 Å². The second-order valence-electron chi connectivity index (χ2n) is 6.70. The molecule has 0 unspecified atom stereocenters. The minimum absolute atomic E-state index is 0.0105. The van der Waals surface area contributed by atoms with Gasteiger partial charge in [-0.25, -0.2) is 0 Å². The first-order chi connectivity index (χ1) is 13.5. The second-order valence-corrected chi connectivity index (χ2v) is 7.52. The molecule has 0 atom stereocenters. The third-order valence-corrected chi connectivity index (χ3v) is 5.56. The van der Waals surface area contributed by atoms with E-state index in [-0.39, 0.29) is 24.6 Å². The zero-order valence-corrected chi connectivity index (χ0v) is 16.4. The summed E-state index contributed by atoms with van der Waals surface area (Å²) in [4.78, 5) is 27.0. The van der Waals surface area contributed by atoms with Gasteiger partial charge in [-0.15, -0.1) is 0 Å². The van der Waals surface area contributed by atoms with Gasteiger partial charge < -0.3 is 19.7 Å². The quantitative estimate of drug-likeness (QED) is 0.820. The monoisotopic (exact) mass is 420 g/mol. The highest BCUT2D eigenvalue weighted by Crippen LogP contribution is 2.32. The van der Waals surface area contributed by atoms with Gasteiger partial charge in [-0.05, 0) is 43.2 Å². The molecule has 28 heavy (non-hydrogen) atoms. The van der Waals surface area contributed by atoms with Crippen molar-refractivity contribution in [3.8, 4) is 11.5 Å². The molecule has 0 spiro atoms. The summed E-state index contributed by atoms with van der Waals surface area (Å²) < 4.78 is 10.6. The van der Waals surface area contributed by atoms with E-state index in [0.29, 0.717) is 58.6 Å². The van der Waals surface area contributed by atoms with E-state index in [4.69, 9.17) is 32.7 Å². The van der Waals surface area contributed by atoms with Crippen LogP contribution in [-0.4, -0.2) is 42.6 Å². The second kappa shape index (κ2) is 7.89. The van der Waals surface area contributed by atoms with Crippen LogP contribution in [0, 0.1) is 0 Å². The highest BCUT2D eigenvalue weighted by Gasteiger charge is 2.27. The molecule has 8 heteroatoms. The number of fused-ring (bicyclic) bond motifs is 1. The number of hydrogen-bond donors (Lipinski definition) is 1. The fourth-order valence-corrected chi connectivity index (χ4v) is 3.95. The largest absolute Gasteiger partial charge is 0.454 e. The Labute approximate surface area is 172 Å². The smallest absolute Gasteiger partial charge is 0.256 e. The number of halogens is 2. The molecule has 0 aromatic heterocycles. The number of hydrogen-bond acceptors (Lipinski definition) is 4. The maximum atomic E-state index is 12.7. The molecule has 4 rings (SSSR count). The lowest BCUT2D eigenvalue weighted by molar-refractivity contribution is 0.0698. The number of carbonyl (C=O) groups excluding carboxylic acids is 2. The SMILES string of the molecule is O=C(NC1CCN(C(=O)c2c(Cl)cccc2Cl)CC1)c1ccc2c(c1)OCO2. The van der Waals surface area contributed by atoms with Gasteiger partial charge in [-0.3, -0.25) is 9.59 Å². The van der Waals surface area contributed by atoms with Crippen LogP contribution < -0.4 is 14.8 Å². The first kappa shape index (κ1) is 18.9.